The summed E-state index contributed by atoms with van der Waals surface area (Å²) in [5.74, 6) is 0.555. The first-order valence-corrected chi connectivity index (χ1v) is 6.61. The summed E-state index contributed by atoms with van der Waals surface area (Å²) in [6, 6.07) is 6.70. The predicted molar refractivity (Wildman–Crippen MR) is 65.6 cm³/mol. The number of hydrogen-bond acceptors (Lipinski definition) is 4. The molecule has 0 amide bonds. The van der Waals surface area contributed by atoms with E-state index in [9.17, 15) is 14.6 Å². The maximum absolute atomic E-state index is 13.3. The predicted octanol–water partition coefficient (Wildman–Crippen LogP) is 0.955. The van der Waals surface area contributed by atoms with Crippen molar-refractivity contribution in [1.29, 1.82) is 0 Å². The van der Waals surface area contributed by atoms with Crippen molar-refractivity contribution in [3.05, 3.63) is 30.1 Å². The Morgan fingerprint density at radius 2 is 1.88 bits per heavy atom. The number of hydrogen-bond donors (Lipinski definition) is 2. The van der Waals surface area contributed by atoms with Gasteiger partial charge in [0, 0.05) is 30.3 Å². The Morgan fingerprint density at radius 1 is 1.24 bits per heavy atom. The Labute approximate surface area is 104 Å². The summed E-state index contributed by atoms with van der Waals surface area (Å²) in [6.07, 6.45) is -1.29. The smallest absolute Gasteiger partial charge is 0.136 e. The zero-order chi connectivity index (χ0) is 12.3. The first-order chi connectivity index (χ1) is 8.16. The van der Waals surface area contributed by atoms with Crippen molar-refractivity contribution in [3.63, 3.8) is 0 Å². The fourth-order valence-corrected chi connectivity index (χ4v) is 2.83. The number of halogens is 1. The Balaban J connectivity index is 1.75. The summed E-state index contributed by atoms with van der Waals surface area (Å²) < 4.78 is 13.3. The number of β-amino-alcohol motifs (C(OH)–C–C–N with tert-alkyl or cyclic N) is 2. The van der Waals surface area contributed by atoms with Gasteiger partial charge < -0.3 is 10.2 Å². The van der Waals surface area contributed by atoms with Crippen LogP contribution in [0.1, 0.15) is 0 Å². The summed E-state index contributed by atoms with van der Waals surface area (Å²) in [6.45, 7) is 1.74. The standard InChI is InChI=1S/C12H16FNO2S/c13-9-3-1-2-4-12(9)17-6-5-14-7-10(15)11(16)8-14/h1-4,10-11,15-16H,5-8H2. The second kappa shape index (κ2) is 5.82. The molecular formula is C12H16FNO2S. The second-order valence-corrected chi connectivity index (χ2v) is 5.31. The van der Waals surface area contributed by atoms with Crippen LogP contribution >= 0.6 is 11.8 Å². The molecule has 0 aromatic heterocycles. The van der Waals surface area contributed by atoms with Crippen molar-refractivity contribution < 1.29 is 14.6 Å². The van der Waals surface area contributed by atoms with Crippen LogP contribution < -0.4 is 0 Å². The van der Waals surface area contributed by atoms with E-state index in [-0.39, 0.29) is 5.82 Å². The average Bonchev–Trinajstić information content (AvgIpc) is 2.61. The van der Waals surface area contributed by atoms with Crippen LogP contribution in [-0.4, -0.2) is 52.7 Å². The molecular weight excluding hydrogens is 241 g/mol. The average molecular weight is 257 g/mol. The summed E-state index contributed by atoms with van der Waals surface area (Å²) in [7, 11) is 0. The summed E-state index contributed by atoms with van der Waals surface area (Å²) >= 11 is 1.46. The van der Waals surface area contributed by atoms with E-state index in [0.717, 1.165) is 12.3 Å². The Bertz CT molecular complexity index is 367. The SMILES string of the molecule is OC1CN(CCSc2ccccc2F)CC1O. The fraction of sp³-hybridized carbons (Fsp3) is 0.500. The molecule has 1 fully saturated rings. The molecule has 0 aliphatic carbocycles. The number of thioether (sulfide) groups is 1. The Morgan fingerprint density at radius 3 is 2.53 bits per heavy atom. The topological polar surface area (TPSA) is 43.7 Å². The largest absolute Gasteiger partial charge is 0.389 e. The van der Waals surface area contributed by atoms with Gasteiger partial charge in [0.25, 0.3) is 0 Å². The highest BCUT2D eigenvalue weighted by atomic mass is 32.2. The molecule has 2 unspecified atom stereocenters. The van der Waals surface area contributed by atoms with Crippen LogP contribution in [-0.2, 0) is 0 Å². The lowest BCUT2D eigenvalue weighted by molar-refractivity contribution is 0.0572. The lowest BCUT2D eigenvalue weighted by atomic mass is 10.3. The van der Waals surface area contributed by atoms with Crippen LogP contribution in [0.4, 0.5) is 4.39 Å². The third-order valence-corrected chi connectivity index (χ3v) is 3.87. The minimum atomic E-state index is -0.645. The molecule has 1 heterocycles. The highest BCUT2D eigenvalue weighted by molar-refractivity contribution is 7.99. The lowest BCUT2D eigenvalue weighted by Gasteiger charge is -2.13. The normalized spacial score (nSPS) is 25.4. The molecule has 3 nitrogen and oxygen atoms in total. The van der Waals surface area contributed by atoms with E-state index >= 15 is 0 Å². The zero-order valence-electron chi connectivity index (χ0n) is 9.42. The van der Waals surface area contributed by atoms with Gasteiger partial charge in [-0.1, -0.05) is 12.1 Å². The van der Waals surface area contributed by atoms with Gasteiger partial charge in [-0.15, -0.1) is 11.8 Å². The molecule has 2 rings (SSSR count). The number of aliphatic hydroxyl groups excluding tert-OH is 2. The van der Waals surface area contributed by atoms with Gasteiger partial charge in [0.05, 0.1) is 12.2 Å². The molecule has 0 spiro atoms. The van der Waals surface area contributed by atoms with Gasteiger partial charge in [-0.2, -0.15) is 0 Å². The van der Waals surface area contributed by atoms with Crippen LogP contribution in [0.2, 0.25) is 0 Å². The molecule has 17 heavy (non-hydrogen) atoms. The van der Waals surface area contributed by atoms with Crippen LogP contribution in [0.25, 0.3) is 0 Å². The molecule has 5 heteroatoms. The highest BCUT2D eigenvalue weighted by Gasteiger charge is 2.28. The molecule has 2 N–H and O–H groups in total. The third-order valence-electron chi connectivity index (χ3n) is 2.84. The molecule has 1 aliphatic rings. The molecule has 0 radical (unpaired) electrons. The van der Waals surface area contributed by atoms with E-state index in [2.05, 4.69) is 0 Å². The molecule has 1 aromatic carbocycles. The maximum atomic E-state index is 13.3. The van der Waals surface area contributed by atoms with Gasteiger partial charge in [-0.05, 0) is 12.1 Å². The number of nitrogens with zero attached hydrogens (tertiary/aromatic N) is 1. The minimum Gasteiger partial charge on any atom is -0.389 e. The minimum absolute atomic E-state index is 0.195. The van der Waals surface area contributed by atoms with Crippen LogP contribution in [0.3, 0.4) is 0 Å². The molecule has 1 aliphatic heterocycles. The van der Waals surface area contributed by atoms with E-state index in [0.29, 0.717) is 18.0 Å². The van der Waals surface area contributed by atoms with E-state index in [1.54, 1.807) is 12.1 Å². The number of rotatable bonds is 4. The monoisotopic (exact) mass is 257 g/mol. The molecule has 1 aromatic rings. The van der Waals surface area contributed by atoms with Crippen molar-refractivity contribution >= 4 is 11.8 Å². The van der Waals surface area contributed by atoms with Gasteiger partial charge in [0.15, 0.2) is 0 Å². The van der Waals surface area contributed by atoms with Crippen molar-refractivity contribution in [2.75, 3.05) is 25.4 Å². The van der Waals surface area contributed by atoms with Crippen molar-refractivity contribution in [1.82, 2.24) is 4.90 Å². The quantitative estimate of drug-likeness (QED) is 0.788. The van der Waals surface area contributed by atoms with Gasteiger partial charge in [0.1, 0.15) is 5.82 Å². The van der Waals surface area contributed by atoms with Gasteiger partial charge in [0.2, 0.25) is 0 Å². The maximum Gasteiger partial charge on any atom is 0.136 e. The van der Waals surface area contributed by atoms with E-state index in [1.807, 2.05) is 11.0 Å². The van der Waals surface area contributed by atoms with Crippen LogP contribution in [0, 0.1) is 5.82 Å². The van der Waals surface area contributed by atoms with Gasteiger partial charge in [-0.3, -0.25) is 4.90 Å². The van der Waals surface area contributed by atoms with E-state index in [1.165, 1.54) is 17.8 Å². The summed E-state index contributed by atoms with van der Waals surface area (Å²) in [5.41, 5.74) is 0. The van der Waals surface area contributed by atoms with Crippen molar-refractivity contribution in [2.45, 2.75) is 17.1 Å². The molecule has 94 valence electrons. The van der Waals surface area contributed by atoms with Gasteiger partial charge in [-0.25, -0.2) is 4.39 Å². The zero-order valence-corrected chi connectivity index (χ0v) is 10.2. The lowest BCUT2D eigenvalue weighted by Crippen LogP contribution is -2.24. The molecule has 0 bridgehead atoms. The molecule has 2 atom stereocenters. The summed E-state index contributed by atoms with van der Waals surface area (Å²) in [5, 5.41) is 18.7. The third kappa shape index (κ3) is 3.42. The van der Waals surface area contributed by atoms with Crippen molar-refractivity contribution in [2.24, 2.45) is 0 Å². The van der Waals surface area contributed by atoms with Crippen LogP contribution in [0.5, 0.6) is 0 Å². The number of aliphatic hydroxyl groups is 2. The number of benzene rings is 1. The first-order valence-electron chi connectivity index (χ1n) is 5.62. The van der Waals surface area contributed by atoms with E-state index in [4.69, 9.17) is 0 Å². The number of likely N-dealkylation sites (tertiary alicyclic amines) is 1. The Hall–Kier alpha value is -0.620. The first kappa shape index (κ1) is 12.8. The van der Waals surface area contributed by atoms with Crippen molar-refractivity contribution in [3.8, 4) is 0 Å². The molecule has 0 saturated carbocycles. The fourth-order valence-electron chi connectivity index (χ4n) is 1.88. The summed E-state index contributed by atoms with van der Waals surface area (Å²) in [4.78, 5) is 2.64. The van der Waals surface area contributed by atoms with Gasteiger partial charge >= 0.3 is 0 Å². The van der Waals surface area contributed by atoms with Crippen LogP contribution in [0.15, 0.2) is 29.2 Å². The Kier molecular flexibility index (Phi) is 4.39. The van der Waals surface area contributed by atoms with E-state index < -0.39 is 12.2 Å². The highest BCUT2D eigenvalue weighted by Crippen LogP contribution is 2.21. The second-order valence-electron chi connectivity index (χ2n) is 4.17. The molecule has 1 saturated heterocycles.